The molecule has 1 unspecified atom stereocenters. The fourth-order valence-electron chi connectivity index (χ4n) is 3.63. The zero-order valence-electron chi connectivity index (χ0n) is 17.7. The minimum atomic E-state index is -0.434. The summed E-state index contributed by atoms with van der Waals surface area (Å²) < 4.78 is 5.26. The van der Waals surface area contributed by atoms with Crippen molar-refractivity contribution >= 4 is 17.8 Å². The van der Waals surface area contributed by atoms with Gasteiger partial charge in [0, 0.05) is 24.6 Å². The number of hydrogen-bond donors (Lipinski definition) is 1. The Bertz CT molecular complexity index is 743. The molecule has 6 nitrogen and oxygen atoms in total. The number of carbonyl (C=O) groups is 3. The summed E-state index contributed by atoms with van der Waals surface area (Å²) in [5.41, 5.74) is 1.84. The topological polar surface area (TPSA) is 75.7 Å². The van der Waals surface area contributed by atoms with E-state index in [1.165, 1.54) is 4.90 Å². The van der Waals surface area contributed by atoms with Crippen molar-refractivity contribution in [2.24, 2.45) is 0 Å². The van der Waals surface area contributed by atoms with Gasteiger partial charge in [-0.3, -0.25) is 9.59 Å². The summed E-state index contributed by atoms with van der Waals surface area (Å²) in [6.45, 7) is 6.38. The molecular weight excluding hydrogens is 368 g/mol. The minimum Gasteiger partial charge on any atom is -0.463 e. The van der Waals surface area contributed by atoms with Crippen LogP contribution in [0.1, 0.15) is 64.4 Å². The normalized spacial score (nSPS) is 16.7. The first-order valence-electron chi connectivity index (χ1n) is 10.5. The van der Waals surface area contributed by atoms with Crippen LogP contribution in [-0.4, -0.2) is 42.4 Å². The Balaban J connectivity index is 2.18. The van der Waals surface area contributed by atoms with Crippen molar-refractivity contribution in [2.45, 2.75) is 58.8 Å². The summed E-state index contributed by atoms with van der Waals surface area (Å²) in [5.74, 6) is -1.17. The third kappa shape index (κ3) is 6.17. The van der Waals surface area contributed by atoms with Crippen molar-refractivity contribution < 1.29 is 19.1 Å². The Morgan fingerprint density at radius 1 is 1.14 bits per heavy atom. The van der Waals surface area contributed by atoms with Crippen LogP contribution in [0, 0.1) is 0 Å². The minimum absolute atomic E-state index is 0.0805. The van der Waals surface area contributed by atoms with E-state index in [9.17, 15) is 14.4 Å². The molecule has 1 aromatic rings. The third-order valence-corrected chi connectivity index (χ3v) is 5.17. The molecule has 2 rings (SSSR count). The van der Waals surface area contributed by atoms with Gasteiger partial charge in [0.25, 0.3) is 0 Å². The average Bonchev–Trinajstić information content (AvgIpc) is 2.71. The third-order valence-electron chi connectivity index (χ3n) is 5.17. The number of rotatable bonds is 10. The van der Waals surface area contributed by atoms with Crippen molar-refractivity contribution in [3.8, 4) is 0 Å². The molecule has 6 heteroatoms. The van der Waals surface area contributed by atoms with Crippen LogP contribution in [0.5, 0.6) is 0 Å². The van der Waals surface area contributed by atoms with Crippen LogP contribution in [0.25, 0.3) is 0 Å². The highest BCUT2D eigenvalue weighted by Crippen LogP contribution is 2.36. The molecule has 1 atom stereocenters. The number of amides is 2. The maximum absolute atomic E-state index is 12.8. The van der Waals surface area contributed by atoms with E-state index in [0.717, 1.165) is 31.2 Å². The van der Waals surface area contributed by atoms with Crippen LogP contribution < -0.4 is 5.32 Å². The first-order valence-corrected chi connectivity index (χ1v) is 10.5. The number of benzene rings is 1. The summed E-state index contributed by atoms with van der Waals surface area (Å²) in [4.78, 5) is 39.3. The first kappa shape index (κ1) is 22.7. The number of hydrogen-bond acceptors (Lipinski definition) is 4. The molecule has 0 saturated heterocycles. The summed E-state index contributed by atoms with van der Waals surface area (Å²) in [5, 5.41) is 2.87. The molecule has 29 heavy (non-hydrogen) atoms. The molecule has 1 aliphatic rings. The maximum atomic E-state index is 12.8. The Morgan fingerprint density at radius 3 is 2.52 bits per heavy atom. The van der Waals surface area contributed by atoms with Gasteiger partial charge in [-0.2, -0.15) is 0 Å². The monoisotopic (exact) mass is 400 g/mol. The SMILES string of the molecule is CCCCCCNC(=O)CN1C(=O)CC(c2ccccc2)C(C(=O)OCC)=C1C. The van der Waals surface area contributed by atoms with Crippen LogP contribution >= 0.6 is 0 Å². The molecule has 0 aromatic heterocycles. The quantitative estimate of drug-likeness (QED) is 0.481. The van der Waals surface area contributed by atoms with Gasteiger partial charge in [0.2, 0.25) is 11.8 Å². The van der Waals surface area contributed by atoms with E-state index in [-0.39, 0.29) is 37.3 Å². The van der Waals surface area contributed by atoms with Crippen molar-refractivity contribution in [2.75, 3.05) is 19.7 Å². The number of allylic oxidation sites excluding steroid dienone is 1. The predicted molar refractivity (Wildman–Crippen MR) is 112 cm³/mol. The molecule has 0 saturated carbocycles. The van der Waals surface area contributed by atoms with Crippen LogP contribution in [0.15, 0.2) is 41.6 Å². The van der Waals surface area contributed by atoms with Gasteiger partial charge < -0.3 is 15.0 Å². The van der Waals surface area contributed by atoms with Crippen molar-refractivity contribution in [3.05, 3.63) is 47.2 Å². The number of carbonyl (C=O) groups excluding carboxylic acids is 3. The molecule has 0 fully saturated rings. The van der Waals surface area contributed by atoms with Gasteiger partial charge in [0.05, 0.1) is 12.2 Å². The van der Waals surface area contributed by atoms with E-state index in [4.69, 9.17) is 4.74 Å². The second kappa shape index (κ2) is 11.4. The predicted octanol–water partition coefficient (Wildman–Crippen LogP) is 3.54. The Labute approximate surface area is 173 Å². The van der Waals surface area contributed by atoms with E-state index < -0.39 is 5.97 Å². The highest BCUT2D eigenvalue weighted by Gasteiger charge is 2.37. The van der Waals surface area contributed by atoms with Crippen molar-refractivity contribution in [1.82, 2.24) is 10.2 Å². The molecular formula is C23H32N2O4. The Morgan fingerprint density at radius 2 is 1.86 bits per heavy atom. The highest BCUT2D eigenvalue weighted by molar-refractivity contribution is 5.97. The summed E-state index contributed by atoms with van der Waals surface area (Å²) >= 11 is 0. The standard InChI is InChI=1S/C23H32N2O4/c1-4-6-7-11-14-24-20(26)16-25-17(3)22(23(28)29-5-2)19(15-21(25)27)18-12-9-8-10-13-18/h8-10,12-13,19H,4-7,11,14-16H2,1-3H3,(H,24,26). The zero-order chi connectivity index (χ0) is 21.2. The molecule has 0 radical (unpaired) electrons. The molecule has 158 valence electrons. The van der Waals surface area contributed by atoms with Crippen LogP contribution in [-0.2, 0) is 19.1 Å². The molecule has 1 heterocycles. The van der Waals surface area contributed by atoms with E-state index in [1.54, 1.807) is 13.8 Å². The maximum Gasteiger partial charge on any atom is 0.336 e. The smallest absolute Gasteiger partial charge is 0.336 e. The molecule has 0 aliphatic carbocycles. The van der Waals surface area contributed by atoms with Gasteiger partial charge in [0.15, 0.2) is 0 Å². The lowest BCUT2D eigenvalue weighted by Crippen LogP contribution is -2.44. The molecule has 1 N–H and O–H groups in total. The van der Waals surface area contributed by atoms with E-state index in [1.807, 2.05) is 30.3 Å². The highest BCUT2D eigenvalue weighted by atomic mass is 16.5. The largest absolute Gasteiger partial charge is 0.463 e. The summed E-state index contributed by atoms with van der Waals surface area (Å²) in [6, 6.07) is 9.48. The van der Waals surface area contributed by atoms with Gasteiger partial charge in [-0.1, -0.05) is 56.5 Å². The molecule has 1 aromatic carbocycles. The van der Waals surface area contributed by atoms with Crippen molar-refractivity contribution in [3.63, 3.8) is 0 Å². The lowest BCUT2D eigenvalue weighted by Gasteiger charge is -2.34. The second-order valence-electron chi connectivity index (χ2n) is 7.28. The Kier molecular flexibility index (Phi) is 8.90. The van der Waals surface area contributed by atoms with E-state index in [0.29, 0.717) is 17.8 Å². The number of unbranched alkanes of at least 4 members (excludes halogenated alkanes) is 3. The number of ether oxygens (including phenoxy) is 1. The zero-order valence-corrected chi connectivity index (χ0v) is 17.7. The summed E-state index contributed by atoms with van der Waals surface area (Å²) in [7, 11) is 0. The fourth-order valence-corrected chi connectivity index (χ4v) is 3.63. The van der Waals surface area contributed by atoms with E-state index in [2.05, 4.69) is 12.2 Å². The fraction of sp³-hybridized carbons (Fsp3) is 0.522. The number of esters is 1. The molecule has 0 spiro atoms. The van der Waals surface area contributed by atoms with Gasteiger partial charge in [-0.05, 0) is 25.8 Å². The van der Waals surface area contributed by atoms with Crippen LogP contribution in [0.3, 0.4) is 0 Å². The summed E-state index contributed by atoms with van der Waals surface area (Å²) in [6.07, 6.45) is 4.42. The first-order chi connectivity index (χ1) is 14.0. The van der Waals surface area contributed by atoms with Gasteiger partial charge in [-0.25, -0.2) is 4.79 Å². The van der Waals surface area contributed by atoms with Gasteiger partial charge in [0.1, 0.15) is 6.54 Å². The molecule has 1 aliphatic heterocycles. The van der Waals surface area contributed by atoms with E-state index >= 15 is 0 Å². The van der Waals surface area contributed by atoms with Gasteiger partial charge >= 0.3 is 5.97 Å². The number of nitrogens with one attached hydrogen (secondary N) is 1. The lowest BCUT2D eigenvalue weighted by molar-refractivity contribution is -0.141. The van der Waals surface area contributed by atoms with Crippen LogP contribution in [0.4, 0.5) is 0 Å². The van der Waals surface area contributed by atoms with Crippen molar-refractivity contribution in [1.29, 1.82) is 0 Å². The van der Waals surface area contributed by atoms with Gasteiger partial charge in [-0.15, -0.1) is 0 Å². The molecule has 0 bridgehead atoms. The second-order valence-corrected chi connectivity index (χ2v) is 7.28. The number of nitrogens with zero attached hydrogens (tertiary/aromatic N) is 1. The molecule has 2 amide bonds. The Hall–Kier alpha value is -2.63. The lowest BCUT2D eigenvalue weighted by atomic mass is 9.83. The average molecular weight is 401 g/mol. The van der Waals surface area contributed by atoms with Crippen LogP contribution in [0.2, 0.25) is 0 Å².